The van der Waals surface area contributed by atoms with E-state index in [-0.39, 0.29) is 11.1 Å². The summed E-state index contributed by atoms with van der Waals surface area (Å²) in [5.74, 6) is -3.34. The van der Waals surface area contributed by atoms with Gasteiger partial charge in [-0.25, -0.2) is 9.37 Å². The Labute approximate surface area is 209 Å². The molecular weight excluding hydrogens is 438 g/mol. The molecular formula is C23H25F4N5O. The van der Waals surface area contributed by atoms with E-state index in [1.165, 1.54) is 0 Å². The van der Waals surface area contributed by atoms with E-state index in [0.29, 0.717) is 16.8 Å². The van der Waals surface area contributed by atoms with Gasteiger partial charge in [0, 0.05) is 48.3 Å². The summed E-state index contributed by atoms with van der Waals surface area (Å²) in [5.41, 5.74) is 0.989. The molecule has 0 bridgehead atoms. The molecule has 6 nitrogen and oxygen atoms in total. The summed E-state index contributed by atoms with van der Waals surface area (Å²) in [6.45, 7) is -13.6. The topological polar surface area (TPSA) is 78.0 Å². The lowest BCUT2D eigenvalue weighted by Crippen LogP contribution is -2.29. The first-order valence-corrected chi connectivity index (χ1v) is 9.09. The molecule has 4 rings (SSSR count). The van der Waals surface area contributed by atoms with Crippen molar-refractivity contribution >= 4 is 5.82 Å². The van der Waals surface area contributed by atoms with Crippen LogP contribution in [0.25, 0.3) is 11.1 Å². The van der Waals surface area contributed by atoms with E-state index in [1.54, 1.807) is 5.32 Å². The number of pyridine rings is 1. The minimum Gasteiger partial charge on any atom is -0.472 e. The summed E-state index contributed by atoms with van der Waals surface area (Å²) in [4.78, 5) is 3.71. The van der Waals surface area contributed by atoms with Gasteiger partial charge in [0.25, 0.3) is 0 Å². The molecule has 10 heteroatoms. The molecule has 176 valence electrons. The van der Waals surface area contributed by atoms with Crippen molar-refractivity contribution in [3.05, 3.63) is 59.3 Å². The fraction of sp³-hybridized carbons (Fsp3) is 0.391. The average Bonchev–Trinajstić information content (AvgIpc) is 3.39. The van der Waals surface area contributed by atoms with Crippen LogP contribution < -0.4 is 15.8 Å². The second kappa shape index (κ2) is 9.01. The van der Waals surface area contributed by atoms with Gasteiger partial charge in [-0.15, -0.1) is 0 Å². The first-order chi connectivity index (χ1) is 21.4. The molecule has 1 saturated heterocycles. The van der Waals surface area contributed by atoms with Gasteiger partial charge in [-0.05, 0) is 62.7 Å². The highest BCUT2D eigenvalue weighted by molar-refractivity contribution is 5.66. The first kappa shape index (κ1) is 10.9. The van der Waals surface area contributed by atoms with E-state index in [2.05, 4.69) is 10.1 Å². The van der Waals surface area contributed by atoms with E-state index in [4.69, 9.17) is 31.0 Å². The summed E-state index contributed by atoms with van der Waals surface area (Å²) in [7, 11) is 0. The van der Waals surface area contributed by atoms with Gasteiger partial charge in [-0.1, -0.05) is 6.07 Å². The Hall–Kier alpha value is -3.14. The van der Waals surface area contributed by atoms with Crippen LogP contribution in [0.4, 0.5) is 23.4 Å². The van der Waals surface area contributed by atoms with Crippen LogP contribution in [0, 0.1) is 19.5 Å². The highest BCUT2D eigenvalue weighted by atomic mass is 19.4. The second-order valence-electron chi connectivity index (χ2n) is 6.68. The minimum absolute atomic E-state index is 0.231. The van der Waals surface area contributed by atoms with Crippen molar-refractivity contribution in [2.45, 2.75) is 44.7 Å². The number of hydrogen-bond acceptors (Lipinski definition) is 5. The summed E-state index contributed by atoms with van der Waals surface area (Å²) in [6, 6.07) is -1.79. The molecule has 0 saturated carbocycles. The number of piperidine rings is 1. The predicted octanol–water partition coefficient (Wildman–Crippen LogP) is 4.89. The smallest absolute Gasteiger partial charge is 0.429 e. The fourth-order valence-electron chi connectivity index (χ4n) is 2.94. The van der Waals surface area contributed by atoms with Crippen molar-refractivity contribution in [2.75, 3.05) is 18.7 Å². The molecule has 3 heterocycles. The van der Waals surface area contributed by atoms with Crippen LogP contribution in [0.2, 0.25) is 0 Å². The van der Waals surface area contributed by atoms with Crippen molar-refractivity contribution in [1.29, 1.82) is 0 Å². The van der Waals surface area contributed by atoms with E-state index in [0.717, 1.165) is 24.7 Å². The minimum atomic E-state index is -5.58. The largest absolute Gasteiger partial charge is 0.472 e. The number of nitrogens with one attached hydrogen (secondary N) is 1. The molecule has 1 aromatic carbocycles. The summed E-state index contributed by atoms with van der Waals surface area (Å²) in [5, 5.41) is 5.33. The van der Waals surface area contributed by atoms with Gasteiger partial charge in [0.1, 0.15) is 5.82 Å². The van der Waals surface area contributed by atoms with Crippen LogP contribution in [-0.4, -0.2) is 33.9 Å². The molecule has 0 spiro atoms. The average molecular weight is 479 g/mol. The van der Waals surface area contributed by atoms with Crippen molar-refractivity contribution in [1.82, 2.24) is 20.1 Å². The van der Waals surface area contributed by atoms with Crippen molar-refractivity contribution in [3.63, 3.8) is 0 Å². The standard InChI is InChI=1S/C23H25F4N5O/c1-13-3-4-18(24)14(2)20(13)21(23(25,26)27)33-19-9-15(10-30-22(19)28)16-11-31-32(12-16)17-5-7-29-8-6-17/h3-4,9-12,17,21,29H,5-8H2,1-2H3,(H2,28,30)/i1D3,2D3,5D2,6D2,7D2,8D2,17D. The van der Waals surface area contributed by atoms with Gasteiger partial charge in [0.05, 0.1) is 13.6 Å². The van der Waals surface area contributed by atoms with Crippen molar-refractivity contribution in [2.24, 2.45) is 0 Å². The Morgan fingerprint density at radius 2 is 2.06 bits per heavy atom. The van der Waals surface area contributed by atoms with E-state index in [1.807, 2.05) is 0 Å². The van der Waals surface area contributed by atoms with E-state index >= 15 is 0 Å². The van der Waals surface area contributed by atoms with Gasteiger partial charge < -0.3 is 15.8 Å². The maximum Gasteiger partial charge on any atom is 0.429 e. The second-order valence-corrected chi connectivity index (χ2v) is 6.68. The number of aryl methyl sites for hydroxylation is 1. The van der Waals surface area contributed by atoms with E-state index < -0.39 is 91.8 Å². The molecule has 1 aliphatic heterocycles. The van der Waals surface area contributed by atoms with Gasteiger partial charge >= 0.3 is 6.18 Å². The highest BCUT2D eigenvalue weighted by Crippen LogP contribution is 2.41. The molecule has 1 atom stereocenters. The number of nitrogens with zero attached hydrogens (tertiary/aromatic N) is 3. The molecule has 3 aromatic rings. The quantitative estimate of drug-likeness (QED) is 0.511. The molecule has 1 unspecified atom stereocenters. The van der Waals surface area contributed by atoms with Crippen LogP contribution in [0.15, 0.2) is 36.8 Å². The number of aromatic nitrogens is 3. The Morgan fingerprint density at radius 1 is 1.27 bits per heavy atom. The molecule has 0 aliphatic carbocycles. The maximum absolute atomic E-state index is 14.8. The number of rotatable bonds is 5. The fourth-order valence-corrected chi connectivity index (χ4v) is 2.94. The Bertz CT molecular complexity index is 1700. The van der Waals surface area contributed by atoms with Gasteiger partial charge in [-0.3, -0.25) is 4.68 Å². The third kappa shape index (κ3) is 4.80. The number of alkyl halides is 3. The number of ether oxygens (including phenoxy) is 1. The number of hydrogen-bond donors (Lipinski definition) is 2. The maximum atomic E-state index is 14.8. The van der Waals surface area contributed by atoms with Gasteiger partial charge in [0.2, 0.25) is 6.10 Å². The zero-order valence-electron chi connectivity index (χ0n) is 31.4. The summed E-state index contributed by atoms with van der Waals surface area (Å²) < 4.78 is 184. The lowest BCUT2D eigenvalue weighted by atomic mass is 9.97. The first-order valence-electron chi connectivity index (χ1n) is 16.6. The lowest BCUT2D eigenvalue weighted by Gasteiger charge is -2.26. The molecule has 33 heavy (non-hydrogen) atoms. The third-order valence-corrected chi connectivity index (χ3v) is 4.51. The zero-order valence-corrected chi connectivity index (χ0v) is 16.4. The summed E-state index contributed by atoms with van der Waals surface area (Å²) >= 11 is 0. The van der Waals surface area contributed by atoms with E-state index in [9.17, 15) is 17.6 Å². The van der Waals surface area contributed by atoms with Crippen molar-refractivity contribution in [3.8, 4) is 16.9 Å². The van der Waals surface area contributed by atoms with Crippen LogP contribution in [0.3, 0.4) is 0 Å². The molecule has 0 amide bonds. The molecule has 1 fully saturated rings. The Kier molecular flexibility index (Phi) is 2.96. The van der Waals surface area contributed by atoms with Crippen LogP contribution in [0.5, 0.6) is 5.75 Å². The molecule has 2 aromatic heterocycles. The molecule has 0 radical (unpaired) electrons. The molecule has 1 aliphatic rings. The number of nitrogens with two attached hydrogens (primary N) is 1. The normalized spacial score (nSPS) is 30.6. The van der Waals surface area contributed by atoms with Crippen LogP contribution in [-0.2, 0) is 0 Å². The zero-order chi connectivity index (χ0) is 36.8. The number of nitrogen functional groups attached to an aromatic ring is 1. The number of anilines is 1. The Balaban J connectivity index is 1.88. The highest BCUT2D eigenvalue weighted by Gasteiger charge is 2.45. The number of benzene rings is 1. The predicted molar refractivity (Wildman–Crippen MR) is 116 cm³/mol. The van der Waals surface area contributed by atoms with Gasteiger partial charge in [0.15, 0.2) is 11.6 Å². The SMILES string of the molecule is [2H]C([2H])([2H])c1ccc(F)c(C([2H])([2H])[2H])c1C(Oc1cc(-c2cnn(C3([2H])C([2H])([2H])C([2H])([2H])NC([2H])([2H])C3([2H])[2H])c2)cnc1N)C(F)(F)F. The lowest BCUT2D eigenvalue weighted by molar-refractivity contribution is -0.198. The van der Waals surface area contributed by atoms with Crippen LogP contribution >= 0.6 is 0 Å². The number of halogens is 4. The van der Waals surface area contributed by atoms with Crippen LogP contribution in [0.1, 0.15) is 62.1 Å². The molecule has 3 N–H and O–H groups in total. The Morgan fingerprint density at radius 3 is 2.76 bits per heavy atom. The third-order valence-electron chi connectivity index (χ3n) is 4.51. The van der Waals surface area contributed by atoms with Crippen molar-refractivity contribution < 1.29 is 42.9 Å². The monoisotopic (exact) mass is 478 g/mol. The van der Waals surface area contributed by atoms with Gasteiger partial charge in [-0.2, -0.15) is 18.3 Å². The summed E-state index contributed by atoms with van der Waals surface area (Å²) in [6.07, 6.45) is -13.5.